The Hall–Kier alpha value is -2.50. The Morgan fingerprint density at radius 2 is 2.05 bits per heavy atom. The lowest BCUT2D eigenvalue weighted by atomic mass is 10.1. The second-order valence-electron chi connectivity index (χ2n) is 4.93. The van der Waals surface area contributed by atoms with Crippen LogP contribution in [0.2, 0.25) is 0 Å². The van der Waals surface area contributed by atoms with Crippen LogP contribution in [0.25, 0.3) is 33.1 Å². The fraction of sp³-hybridized carbons (Fsp3) is 0.286. The van der Waals surface area contributed by atoms with Crippen LogP contribution in [0, 0.1) is 0 Å². The van der Waals surface area contributed by atoms with Gasteiger partial charge in [-0.15, -0.1) is 15.3 Å². The SMILES string of the molecule is CCCCn1nnc2nnc3c4ccccc4[nH]c1c23. The van der Waals surface area contributed by atoms with E-state index in [0.717, 1.165) is 46.8 Å². The van der Waals surface area contributed by atoms with Crippen molar-refractivity contribution in [2.24, 2.45) is 0 Å². The molecule has 0 aliphatic heterocycles. The van der Waals surface area contributed by atoms with Crippen LogP contribution in [0.3, 0.4) is 0 Å². The van der Waals surface area contributed by atoms with Crippen LogP contribution in [0.5, 0.6) is 0 Å². The first kappa shape index (κ1) is 11.3. The molecule has 0 amide bonds. The quantitative estimate of drug-likeness (QED) is 0.579. The lowest BCUT2D eigenvalue weighted by Crippen LogP contribution is -2.08. The summed E-state index contributed by atoms with van der Waals surface area (Å²) in [7, 11) is 0. The molecule has 20 heavy (non-hydrogen) atoms. The van der Waals surface area contributed by atoms with Gasteiger partial charge in [-0.2, -0.15) is 0 Å². The predicted octanol–water partition coefficient (Wildman–Crippen LogP) is 2.66. The van der Waals surface area contributed by atoms with E-state index in [-0.39, 0.29) is 0 Å². The zero-order chi connectivity index (χ0) is 13.5. The van der Waals surface area contributed by atoms with Crippen molar-refractivity contribution < 1.29 is 0 Å². The number of hydrogen-bond donors (Lipinski definition) is 1. The van der Waals surface area contributed by atoms with Crippen LogP contribution in [0.15, 0.2) is 24.3 Å². The summed E-state index contributed by atoms with van der Waals surface area (Å²) in [5.74, 6) is 0. The number of fused-ring (bicyclic) bond motifs is 2. The average Bonchev–Trinajstić information content (AvgIpc) is 2.92. The Kier molecular flexibility index (Phi) is 2.42. The first-order valence-corrected chi connectivity index (χ1v) is 6.85. The minimum atomic E-state index is 0.602. The molecule has 3 aromatic heterocycles. The van der Waals surface area contributed by atoms with Crippen LogP contribution >= 0.6 is 0 Å². The Bertz CT molecular complexity index is 904. The summed E-state index contributed by atoms with van der Waals surface area (Å²) in [6.45, 7) is 3.01. The number of pyridine rings is 1. The largest absolute Gasteiger partial charge is 0.339 e. The van der Waals surface area contributed by atoms with Crippen molar-refractivity contribution in [3.05, 3.63) is 24.3 Å². The molecule has 1 N–H and O–H groups in total. The van der Waals surface area contributed by atoms with E-state index >= 15 is 0 Å². The molecule has 6 nitrogen and oxygen atoms in total. The maximum absolute atomic E-state index is 4.28. The summed E-state index contributed by atoms with van der Waals surface area (Å²) in [6, 6.07) is 8.11. The smallest absolute Gasteiger partial charge is 0.211 e. The van der Waals surface area contributed by atoms with E-state index in [1.807, 2.05) is 28.9 Å². The predicted molar refractivity (Wildman–Crippen MR) is 77.4 cm³/mol. The van der Waals surface area contributed by atoms with Gasteiger partial charge in [0.15, 0.2) is 0 Å². The second kappa shape index (κ2) is 4.26. The molecule has 100 valence electrons. The summed E-state index contributed by atoms with van der Waals surface area (Å²) in [4.78, 5) is 3.45. The highest BCUT2D eigenvalue weighted by Gasteiger charge is 2.15. The highest BCUT2D eigenvalue weighted by atomic mass is 15.4. The van der Waals surface area contributed by atoms with Crippen LogP contribution in [0.1, 0.15) is 19.8 Å². The molecule has 0 unspecified atom stereocenters. The lowest BCUT2D eigenvalue weighted by molar-refractivity contribution is 0.549. The number of nitrogens with zero attached hydrogens (tertiary/aromatic N) is 5. The molecule has 0 spiro atoms. The number of hydrogen-bond acceptors (Lipinski definition) is 4. The standard InChI is InChI=1S/C14H14N6/c1-2-3-8-20-14-11-12(16-17-13(11)18-19-20)9-6-4-5-7-10(9)15-14/h4-7,15H,2-3,8H2,1H3. The fourth-order valence-electron chi connectivity index (χ4n) is 2.57. The van der Waals surface area contributed by atoms with Crippen molar-refractivity contribution in [2.75, 3.05) is 0 Å². The number of benzene rings is 1. The maximum Gasteiger partial charge on any atom is 0.211 e. The monoisotopic (exact) mass is 266 g/mol. The normalized spacial score (nSPS) is 11.8. The summed E-state index contributed by atoms with van der Waals surface area (Å²) in [5.41, 5.74) is 3.48. The summed E-state index contributed by atoms with van der Waals surface area (Å²) in [6.07, 6.45) is 2.19. The Morgan fingerprint density at radius 1 is 1.15 bits per heavy atom. The van der Waals surface area contributed by atoms with Gasteiger partial charge >= 0.3 is 0 Å². The molecule has 0 fully saturated rings. The minimum absolute atomic E-state index is 0.602. The van der Waals surface area contributed by atoms with E-state index in [9.17, 15) is 0 Å². The van der Waals surface area contributed by atoms with Gasteiger partial charge in [0.05, 0.1) is 5.39 Å². The van der Waals surface area contributed by atoms with E-state index in [0.29, 0.717) is 5.65 Å². The number of aromatic amines is 1. The van der Waals surface area contributed by atoms with E-state index in [1.165, 1.54) is 0 Å². The van der Waals surface area contributed by atoms with Gasteiger partial charge in [0, 0.05) is 17.4 Å². The molecule has 1 aromatic carbocycles. The van der Waals surface area contributed by atoms with Crippen LogP contribution in [-0.2, 0) is 6.54 Å². The van der Waals surface area contributed by atoms with Crippen molar-refractivity contribution in [1.29, 1.82) is 0 Å². The second-order valence-corrected chi connectivity index (χ2v) is 4.93. The van der Waals surface area contributed by atoms with Gasteiger partial charge in [-0.25, -0.2) is 4.68 Å². The molecule has 0 aliphatic carbocycles. The van der Waals surface area contributed by atoms with Gasteiger partial charge < -0.3 is 4.98 Å². The highest BCUT2D eigenvalue weighted by molar-refractivity contribution is 6.14. The molecule has 0 aliphatic rings. The molecular formula is C14H14N6. The van der Waals surface area contributed by atoms with Crippen molar-refractivity contribution in [3.63, 3.8) is 0 Å². The van der Waals surface area contributed by atoms with Crippen molar-refractivity contribution in [1.82, 2.24) is 30.2 Å². The van der Waals surface area contributed by atoms with E-state index < -0.39 is 0 Å². The molecule has 0 radical (unpaired) electrons. The fourth-order valence-corrected chi connectivity index (χ4v) is 2.57. The maximum atomic E-state index is 4.28. The number of H-pyrrole nitrogens is 1. The van der Waals surface area contributed by atoms with Gasteiger partial charge in [-0.1, -0.05) is 36.8 Å². The highest BCUT2D eigenvalue weighted by Crippen LogP contribution is 2.27. The average molecular weight is 266 g/mol. The van der Waals surface area contributed by atoms with E-state index in [4.69, 9.17) is 0 Å². The van der Waals surface area contributed by atoms with E-state index in [2.05, 4.69) is 32.4 Å². The van der Waals surface area contributed by atoms with Gasteiger partial charge in [0.2, 0.25) is 5.65 Å². The van der Waals surface area contributed by atoms with Gasteiger partial charge in [0.1, 0.15) is 11.2 Å². The van der Waals surface area contributed by atoms with Crippen LogP contribution in [0.4, 0.5) is 0 Å². The minimum Gasteiger partial charge on any atom is -0.339 e. The zero-order valence-electron chi connectivity index (χ0n) is 11.2. The number of aromatic nitrogens is 6. The molecule has 0 saturated carbocycles. The molecule has 4 aromatic rings. The van der Waals surface area contributed by atoms with Crippen molar-refractivity contribution >= 4 is 33.1 Å². The molecule has 6 heteroatoms. The first-order chi connectivity index (χ1) is 9.88. The van der Waals surface area contributed by atoms with Gasteiger partial charge in [0.25, 0.3) is 0 Å². The number of unbranched alkanes of at least 4 members (excludes halogenated alkanes) is 1. The molecule has 0 saturated heterocycles. The first-order valence-electron chi connectivity index (χ1n) is 6.85. The third kappa shape index (κ3) is 1.51. The van der Waals surface area contributed by atoms with E-state index in [1.54, 1.807) is 0 Å². The summed E-state index contributed by atoms with van der Waals surface area (Å²) >= 11 is 0. The van der Waals surface area contributed by atoms with Crippen LogP contribution < -0.4 is 0 Å². The number of aryl methyl sites for hydroxylation is 1. The van der Waals surface area contributed by atoms with Crippen LogP contribution in [-0.4, -0.2) is 30.2 Å². The van der Waals surface area contributed by atoms with Crippen molar-refractivity contribution in [3.8, 4) is 0 Å². The van der Waals surface area contributed by atoms with Gasteiger partial charge in [-0.3, -0.25) is 0 Å². The molecule has 0 atom stereocenters. The molecular weight excluding hydrogens is 252 g/mol. The Labute approximate surface area is 114 Å². The van der Waals surface area contributed by atoms with Crippen molar-refractivity contribution in [2.45, 2.75) is 26.3 Å². The third-order valence-corrected chi connectivity index (χ3v) is 3.61. The lowest BCUT2D eigenvalue weighted by Gasteiger charge is -2.09. The number of nitrogens with one attached hydrogen (secondary N) is 1. The summed E-state index contributed by atoms with van der Waals surface area (Å²) < 4.78 is 1.91. The summed E-state index contributed by atoms with van der Waals surface area (Å²) in [5, 5.41) is 18.9. The Balaban J connectivity index is 2.13. The number of para-hydroxylation sites is 1. The molecule has 3 heterocycles. The topological polar surface area (TPSA) is 72.3 Å². The third-order valence-electron chi connectivity index (χ3n) is 3.61. The Morgan fingerprint density at radius 3 is 2.95 bits per heavy atom. The van der Waals surface area contributed by atoms with Gasteiger partial charge in [-0.05, 0) is 12.5 Å². The molecule has 4 rings (SSSR count). The zero-order valence-corrected chi connectivity index (χ0v) is 11.2. The molecule has 0 bridgehead atoms. The number of rotatable bonds is 3.